The van der Waals surface area contributed by atoms with Gasteiger partial charge in [0.15, 0.2) is 0 Å². The number of carbonyl (C=O) groups excluding carboxylic acids is 1. The van der Waals surface area contributed by atoms with Crippen LogP contribution in [0.2, 0.25) is 0 Å². The quantitative estimate of drug-likeness (QED) is 0.482. The fourth-order valence-corrected chi connectivity index (χ4v) is 4.61. The summed E-state index contributed by atoms with van der Waals surface area (Å²) >= 11 is 0. The van der Waals surface area contributed by atoms with Gasteiger partial charge in [0.25, 0.3) is 5.56 Å². The summed E-state index contributed by atoms with van der Waals surface area (Å²) < 4.78 is 1.76. The topological polar surface area (TPSA) is 55.2 Å². The molecule has 0 radical (unpaired) electrons. The second-order valence-corrected chi connectivity index (χ2v) is 8.45. The van der Waals surface area contributed by atoms with E-state index in [1.54, 1.807) is 9.47 Å². The molecule has 1 atom stereocenters. The van der Waals surface area contributed by atoms with Crippen molar-refractivity contribution in [3.8, 4) is 0 Å². The van der Waals surface area contributed by atoms with Crippen LogP contribution in [0.4, 0.5) is 5.69 Å². The van der Waals surface area contributed by atoms with Gasteiger partial charge in [0.05, 0.1) is 16.8 Å². The van der Waals surface area contributed by atoms with Crippen LogP contribution in [0.1, 0.15) is 28.4 Å². The van der Waals surface area contributed by atoms with Crippen LogP contribution in [0.5, 0.6) is 0 Å². The number of hydrogen-bond acceptors (Lipinski definition) is 3. The van der Waals surface area contributed by atoms with Gasteiger partial charge in [-0.3, -0.25) is 14.2 Å². The summed E-state index contributed by atoms with van der Waals surface area (Å²) in [5.41, 5.74) is 4.84. The van der Waals surface area contributed by atoms with E-state index in [0.29, 0.717) is 29.7 Å². The van der Waals surface area contributed by atoms with Crippen LogP contribution in [0.3, 0.4) is 0 Å². The van der Waals surface area contributed by atoms with Crippen LogP contribution >= 0.6 is 0 Å². The molecule has 5 rings (SSSR count). The largest absolute Gasteiger partial charge is 0.315 e. The first kappa shape index (κ1) is 20.2. The summed E-state index contributed by atoms with van der Waals surface area (Å²) in [7, 11) is 1.81. The van der Waals surface area contributed by atoms with Crippen LogP contribution in [0.25, 0.3) is 10.9 Å². The number of carbonyl (C=O) groups is 1. The first-order chi connectivity index (χ1) is 15.5. The number of benzene rings is 3. The third kappa shape index (κ3) is 3.50. The van der Waals surface area contributed by atoms with Crippen LogP contribution < -0.4 is 10.5 Å². The molecule has 4 aromatic rings. The van der Waals surface area contributed by atoms with E-state index in [-0.39, 0.29) is 17.4 Å². The average molecular weight is 424 g/mol. The molecule has 1 unspecified atom stereocenters. The van der Waals surface area contributed by atoms with Crippen LogP contribution in [0, 0.1) is 6.92 Å². The molecular formula is C27H25N3O2. The van der Waals surface area contributed by atoms with Gasteiger partial charge in [0.2, 0.25) is 5.91 Å². The zero-order valence-electron chi connectivity index (χ0n) is 18.3. The number of nitrogens with zero attached hydrogens (tertiary/aromatic N) is 3. The summed E-state index contributed by atoms with van der Waals surface area (Å²) in [6, 6.07) is 23.7. The number of rotatable bonds is 5. The number of aryl methyl sites for hydroxylation is 2. The van der Waals surface area contributed by atoms with Crippen molar-refractivity contribution < 1.29 is 4.79 Å². The first-order valence-corrected chi connectivity index (χ1v) is 10.9. The van der Waals surface area contributed by atoms with Gasteiger partial charge in [0, 0.05) is 25.7 Å². The van der Waals surface area contributed by atoms with Crippen molar-refractivity contribution in [1.82, 2.24) is 9.55 Å². The van der Waals surface area contributed by atoms with Gasteiger partial charge in [-0.05, 0) is 42.7 Å². The Morgan fingerprint density at radius 3 is 2.50 bits per heavy atom. The highest BCUT2D eigenvalue weighted by Gasteiger charge is 2.36. The third-order valence-electron chi connectivity index (χ3n) is 6.34. The van der Waals surface area contributed by atoms with Crippen LogP contribution in [0.15, 0.2) is 77.6 Å². The highest BCUT2D eigenvalue weighted by molar-refractivity contribution is 6.04. The molecule has 1 aliphatic heterocycles. The summed E-state index contributed by atoms with van der Waals surface area (Å²) in [6.45, 7) is 2.55. The van der Waals surface area contributed by atoms with Gasteiger partial charge in [-0.1, -0.05) is 60.2 Å². The molecule has 0 aliphatic carbocycles. The lowest BCUT2D eigenvalue weighted by Crippen LogP contribution is -2.30. The molecule has 0 N–H and O–H groups in total. The molecule has 5 heteroatoms. The summed E-state index contributed by atoms with van der Waals surface area (Å²) in [6.07, 6.45) is 1.12. The van der Waals surface area contributed by atoms with E-state index in [1.807, 2.05) is 68.6 Å². The smallest absolute Gasteiger partial charge is 0.261 e. The zero-order valence-corrected chi connectivity index (χ0v) is 18.3. The van der Waals surface area contributed by atoms with Crippen molar-refractivity contribution in [2.24, 2.45) is 0 Å². The lowest BCUT2D eigenvalue weighted by molar-refractivity contribution is -0.119. The number of para-hydroxylation sites is 1. The van der Waals surface area contributed by atoms with Crippen molar-refractivity contribution in [2.75, 3.05) is 11.9 Å². The normalized spacial score (nSPS) is 15.4. The van der Waals surface area contributed by atoms with E-state index in [4.69, 9.17) is 4.98 Å². The molecule has 0 spiro atoms. The molecule has 1 aliphatic rings. The van der Waals surface area contributed by atoms with E-state index >= 15 is 0 Å². The lowest BCUT2D eigenvalue weighted by Gasteiger charge is -2.17. The fourth-order valence-electron chi connectivity index (χ4n) is 4.61. The second-order valence-electron chi connectivity index (χ2n) is 8.45. The summed E-state index contributed by atoms with van der Waals surface area (Å²) in [4.78, 5) is 33.1. The molecule has 5 nitrogen and oxygen atoms in total. The van der Waals surface area contributed by atoms with Crippen molar-refractivity contribution in [2.45, 2.75) is 32.2 Å². The van der Waals surface area contributed by atoms with Gasteiger partial charge in [0.1, 0.15) is 5.82 Å². The number of likely N-dealkylation sites (N-methyl/N-ethyl adjacent to an activating group) is 1. The van der Waals surface area contributed by atoms with E-state index in [2.05, 4.69) is 18.2 Å². The Morgan fingerprint density at radius 2 is 1.69 bits per heavy atom. The predicted octanol–water partition coefficient (Wildman–Crippen LogP) is 4.25. The molecule has 0 bridgehead atoms. The van der Waals surface area contributed by atoms with E-state index in [9.17, 15) is 9.59 Å². The lowest BCUT2D eigenvalue weighted by atomic mass is 9.95. The Bertz CT molecular complexity index is 1380. The minimum Gasteiger partial charge on any atom is -0.315 e. The molecule has 0 fully saturated rings. The molecule has 1 aromatic heterocycles. The molecule has 2 heterocycles. The van der Waals surface area contributed by atoms with Gasteiger partial charge in [-0.25, -0.2) is 4.98 Å². The maximum absolute atomic E-state index is 13.4. The minimum absolute atomic E-state index is 0.0441. The van der Waals surface area contributed by atoms with Crippen LogP contribution in [-0.4, -0.2) is 22.5 Å². The van der Waals surface area contributed by atoms with E-state index in [0.717, 1.165) is 28.8 Å². The van der Waals surface area contributed by atoms with Crippen molar-refractivity contribution in [3.05, 3.63) is 106 Å². The number of aromatic nitrogens is 2. The van der Waals surface area contributed by atoms with Gasteiger partial charge in [-0.2, -0.15) is 0 Å². The van der Waals surface area contributed by atoms with Gasteiger partial charge < -0.3 is 4.90 Å². The van der Waals surface area contributed by atoms with Gasteiger partial charge in [-0.15, -0.1) is 0 Å². The molecule has 160 valence electrons. The zero-order chi connectivity index (χ0) is 22.2. The Kier molecular flexibility index (Phi) is 5.10. The number of hydrogen-bond donors (Lipinski definition) is 0. The van der Waals surface area contributed by atoms with Crippen molar-refractivity contribution in [3.63, 3.8) is 0 Å². The minimum atomic E-state index is -0.342. The Labute approximate surface area is 187 Å². The number of anilines is 1. The second kappa shape index (κ2) is 8.08. The number of amides is 1. The average Bonchev–Trinajstić information content (AvgIpc) is 3.03. The molecule has 32 heavy (non-hydrogen) atoms. The predicted molar refractivity (Wildman–Crippen MR) is 127 cm³/mol. The third-order valence-corrected chi connectivity index (χ3v) is 6.34. The van der Waals surface area contributed by atoms with E-state index < -0.39 is 0 Å². The molecule has 1 amide bonds. The molecular weight excluding hydrogens is 398 g/mol. The molecule has 3 aromatic carbocycles. The van der Waals surface area contributed by atoms with Crippen molar-refractivity contribution >= 4 is 22.5 Å². The monoisotopic (exact) mass is 423 g/mol. The SMILES string of the molecule is Cc1ccc2c(c1)C(Cc1nc3ccccc3c(=O)n1CCc1ccccc1)C(=O)N2C. The Balaban J connectivity index is 1.58. The summed E-state index contributed by atoms with van der Waals surface area (Å²) in [5, 5.41) is 0.607. The van der Waals surface area contributed by atoms with Gasteiger partial charge >= 0.3 is 0 Å². The number of fused-ring (bicyclic) bond motifs is 2. The standard InChI is InChI=1S/C27H25N3O2/c1-18-12-13-24-21(16-18)22(26(31)29(24)2)17-25-28-23-11-7-6-10-20(23)27(32)30(25)15-14-19-8-4-3-5-9-19/h3-13,16,22H,14-15,17H2,1-2H3. The van der Waals surface area contributed by atoms with Crippen molar-refractivity contribution in [1.29, 1.82) is 0 Å². The Morgan fingerprint density at radius 1 is 0.938 bits per heavy atom. The molecule has 0 saturated heterocycles. The maximum atomic E-state index is 13.4. The highest BCUT2D eigenvalue weighted by atomic mass is 16.2. The Hall–Kier alpha value is -3.73. The highest BCUT2D eigenvalue weighted by Crippen LogP contribution is 2.38. The molecule has 0 saturated carbocycles. The summed E-state index contributed by atoms with van der Waals surface area (Å²) in [5.74, 6) is 0.360. The maximum Gasteiger partial charge on any atom is 0.261 e. The van der Waals surface area contributed by atoms with Crippen LogP contribution in [-0.2, 0) is 24.2 Å². The first-order valence-electron chi connectivity index (χ1n) is 10.9. The fraction of sp³-hybridized carbons (Fsp3) is 0.222. The van der Waals surface area contributed by atoms with E-state index in [1.165, 1.54) is 0 Å².